The number of carboxylic acids is 1. The number of ether oxygens (including phenoxy) is 1. The van der Waals surface area contributed by atoms with E-state index in [0.717, 1.165) is 0 Å². The van der Waals surface area contributed by atoms with E-state index in [1.54, 1.807) is 56.5 Å². The van der Waals surface area contributed by atoms with Gasteiger partial charge < -0.3 is 9.84 Å². The molecular formula is C19H16CaClNO4+2. The largest absolute Gasteiger partial charge is 2.00 e. The minimum absolute atomic E-state index is 0. The first kappa shape index (κ1) is 20.8. The molecule has 3 aromatic rings. The summed E-state index contributed by atoms with van der Waals surface area (Å²) in [7, 11) is 1.54. The molecular weight excluding hydrogens is 382 g/mol. The second-order valence-electron chi connectivity index (χ2n) is 5.67. The van der Waals surface area contributed by atoms with E-state index < -0.39 is 5.97 Å². The molecule has 1 aromatic heterocycles. The molecule has 0 fully saturated rings. The number of fused-ring (bicyclic) bond motifs is 1. The Hall–Kier alpha value is -1.53. The first-order chi connectivity index (χ1) is 11.9. The molecule has 0 aliphatic carbocycles. The summed E-state index contributed by atoms with van der Waals surface area (Å²) in [5, 5.41) is 10.5. The molecule has 0 amide bonds. The van der Waals surface area contributed by atoms with Gasteiger partial charge in [0.25, 0.3) is 5.91 Å². The first-order valence-electron chi connectivity index (χ1n) is 7.62. The molecule has 1 N–H and O–H groups in total. The van der Waals surface area contributed by atoms with Crippen molar-refractivity contribution in [1.29, 1.82) is 0 Å². The number of carbonyl (C=O) groups is 2. The van der Waals surface area contributed by atoms with Crippen molar-refractivity contribution in [3.8, 4) is 5.75 Å². The number of aromatic nitrogens is 1. The van der Waals surface area contributed by atoms with Crippen LogP contribution < -0.4 is 4.74 Å². The summed E-state index contributed by atoms with van der Waals surface area (Å²) in [6, 6.07) is 11.9. The van der Waals surface area contributed by atoms with Crippen LogP contribution >= 0.6 is 11.6 Å². The molecule has 128 valence electrons. The molecule has 0 bridgehead atoms. The Bertz CT molecular complexity index is 979. The number of carboxylic acid groups (broad SMARTS) is 1. The van der Waals surface area contributed by atoms with E-state index in [1.165, 1.54) is 4.57 Å². The predicted octanol–water partition coefficient (Wildman–Crippen LogP) is 3.55. The number of carbonyl (C=O) groups excluding carboxylic acids is 1. The molecule has 0 spiro atoms. The summed E-state index contributed by atoms with van der Waals surface area (Å²) < 4.78 is 6.77. The molecule has 0 saturated heterocycles. The second kappa shape index (κ2) is 8.44. The van der Waals surface area contributed by atoms with Crippen LogP contribution in [0.25, 0.3) is 10.9 Å². The van der Waals surface area contributed by atoms with Gasteiger partial charge in [-0.1, -0.05) is 11.6 Å². The van der Waals surface area contributed by atoms with E-state index in [-0.39, 0.29) is 50.1 Å². The molecule has 0 aliphatic heterocycles. The van der Waals surface area contributed by atoms with E-state index in [0.29, 0.717) is 38.5 Å². The number of rotatable bonds is 4. The molecule has 0 saturated carbocycles. The molecule has 0 aliphatic rings. The van der Waals surface area contributed by atoms with Crippen molar-refractivity contribution >= 4 is 72.1 Å². The smallest absolute Gasteiger partial charge is 0.497 e. The third kappa shape index (κ3) is 3.91. The van der Waals surface area contributed by atoms with Gasteiger partial charge >= 0.3 is 43.7 Å². The Morgan fingerprint density at radius 2 is 1.81 bits per heavy atom. The zero-order valence-corrected chi connectivity index (χ0v) is 17.4. The Morgan fingerprint density at radius 1 is 1.15 bits per heavy atom. The minimum atomic E-state index is -0.955. The average Bonchev–Trinajstić information content (AvgIpc) is 2.86. The van der Waals surface area contributed by atoms with Crippen molar-refractivity contribution in [2.75, 3.05) is 7.11 Å². The SMILES string of the molecule is COc1ccc2c(c1)c(CC(=O)O)c(C)n2C(=O)c1ccc(Cl)cc1.[Ca+2]. The molecule has 26 heavy (non-hydrogen) atoms. The fourth-order valence-electron chi connectivity index (χ4n) is 2.95. The van der Waals surface area contributed by atoms with Gasteiger partial charge in [-0.3, -0.25) is 14.2 Å². The monoisotopic (exact) mass is 397 g/mol. The van der Waals surface area contributed by atoms with Crippen molar-refractivity contribution in [3.63, 3.8) is 0 Å². The van der Waals surface area contributed by atoms with E-state index in [2.05, 4.69) is 0 Å². The standard InChI is InChI=1S/C19H16ClNO4.Ca/c1-11-15(10-18(22)23)16-9-14(25-2)7-8-17(16)21(11)19(24)12-3-5-13(20)6-4-12;/h3-9H,10H2,1-2H3,(H,22,23);/q;+2. The van der Waals surface area contributed by atoms with Crippen LogP contribution in [0.2, 0.25) is 5.02 Å². The molecule has 1 heterocycles. The van der Waals surface area contributed by atoms with Gasteiger partial charge in [-0.15, -0.1) is 0 Å². The van der Waals surface area contributed by atoms with Crippen LogP contribution in [0.1, 0.15) is 21.6 Å². The zero-order chi connectivity index (χ0) is 18.1. The van der Waals surface area contributed by atoms with Gasteiger partial charge in [0, 0.05) is 21.7 Å². The van der Waals surface area contributed by atoms with Crippen LogP contribution in [0, 0.1) is 6.92 Å². The van der Waals surface area contributed by atoms with Crippen LogP contribution in [0.5, 0.6) is 5.75 Å². The molecule has 7 heteroatoms. The van der Waals surface area contributed by atoms with Gasteiger partial charge in [0.05, 0.1) is 19.0 Å². The summed E-state index contributed by atoms with van der Waals surface area (Å²) in [4.78, 5) is 24.3. The van der Waals surface area contributed by atoms with Gasteiger partial charge in [0.2, 0.25) is 0 Å². The van der Waals surface area contributed by atoms with Crippen LogP contribution in [-0.2, 0) is 11.2 Å². The van der Waals surface area contributed by atoms with Crippen molar-refractivity contribution in [2.45, 2.75) is 13.3 Å². The van der Waals surface area contributed by atoms with E-state index in [4.69, 9.17) is 16.3 Å². The number of halogens is 1. The molecule has 0 radical (unpaired) electrons. The van der Waals surface area contributed by atoms with Crippen LogP contribution in [-0.4, -0.2) is 66.4 Å². The van der Waals surface area contributed by atoms with Gasteiger partial charge in [-0.25, -0.2) is 0 Å². The molecule has 0 unspecified atom stereocenters. The summed E-state index contributed by atoms with van der Waals surface area (Å²) in [6.07, 6.45) is -0.170. The third-order valence-corrected chi connectivity index (χ3v) is 4.42. The van der Waals surface area contributed by atoms with Gasteiger partial charge in [-0.05, 0) is 55.0 Å². The number of hydrogen-bond acceptors (Lipinski definition) is 3. The number of aliphatic carboxylic acids is 1. The van der Waals surface area contributed by atoms with Crippen molar-refractivity contribution in [1.82, 2.24) is 4.57 Å². The molecule has 5 nitrogen and oxygen atoms in total. The maximum Gasteiger partial charge on any atom is 2.00 e. The Kier molecular flexibility index (Phi) is 6.74. The van der Waals surface area contributed by atoms with E-state index in [9.17, 15) is 14.7 Å². The summed E-state index contributed by atoms with van der Waals surface area (Å²) in [5.41, 5.74) is 2.32. The van der Waals surface area contributed by atoms with Crippen LogP contribution in [0.15, 0.2) is 42.5 Å². The van der Waals surface area contributed by atoms with E-state index >= 15 is 0 Å². The van der Waals surface area contributed by atoms with Gasteiger partial charge in [0.15, 0.2) is 0 Å². The first-order valence-corrected chi connectivity index (χ1v) is 8.00. The van der Waals surface area contributed by atoms with Crippen molar-refractivity contribution in [2.24, 2.45) is 0 Å². The van der Waals surface area contributed by atoms with E-state index in [1.807, 2.05) is 0 Å². The maximum absolute atomic E-state index is 13.0. The second-order valence-corrected chi connectivity index (χ2v) is 6.10. The summed E-state index contributed by atoms with van der Waals surface area (Å²) in [6.45, 7) is 1.75. The quantitative estimate of drug-likeness (QED) is 0.683. The normalized spacial score (nSPS) is 10.4. The topological polar surface area (TPSA) is 68.5 Å². The minimum Gasteiger partial charge on any atom is -0.497 e. The fraction of sp³-hybridized carbons (Fsp3) is 0.158. The molecule has 0 atom stereocenters. The van der Waals surface area contributed by atoms with Crippen molar-refractivity contribution in [3.05, 3.63) is 64.3 Å². The Morgan fingerprint density at radius 3 is 2.38 bits per heavy atom. The predicted molar refractivity (Wildman–Crippen MR) is 102 cm³/mol. The Balaban J connectivity index is 0.00000243. The van der Waals surface area contributed by atoms with Crippen LogP contribution in [0.4, 0.5) is 0 Å². The van der Waals surface area contributed by atoms with Crippen LogP contribution in [0.3, 0.4) is 0 Å². The average molecular weight is 398 g/mol. The number of hydrogen-bond donors (Lipinski definition) is 1. The summed E-state index contributed by atoms with van der Waals surface area (Å²) >= 11 is 5.89. The Labute approximate surface area is 185 Å². The summed E-state index contributed by atoms with van der Waals surface area (Å²) in [5.74, 6) is -0.583. The zero-order valence-electron chi connectivity index (χ0n) is 14.5. The van der Waals surface area contributed by atoms with Gasteiger partial charge in [0.1, 0.15) is 5.75 Å². The molecule has 3 rings (SSSR count). The van der Waals surface area contributed by atoms with Gasteiger partial charge in [-0.2, -0.15) is 0 Å². The fourth-order valence-corrected chi connectivity index (χ4v) is 3.07. The number of nitrogens with zero attached hydrogens (tertiary/aromatic N) is 1. The molecule has 2 aromatic carbocycles. The number of methoxy groups -OCH3 is 1. The maximum atomic E-state index is 13.0. The third-order valence-electron chi connectivity index (χ3n) is 4.16. The van der Waals surface area contributed by atoms with Crippen molar-refractivity contribution < 1.29 is 19.4 Å². The number of benzene rings is 2.